The molecule has 0 heterocycles. The first-order chi connectivity index (χ1) is 8.13. The van der Waals surface area contributed by atoms with Gasteiger partial charge in [0.05, 0.1) is 25.9 Å². The van der Waals surface area contributed by atoms with Crippen molar-refractivity contribution in [3.8, 4) is 17.2 Å². The van der Waals surface area contributed by atoms with Crippen molar-refractivity contribution < 1.29 is 19.0 Å². The van der Waals surface area contributed by atoms with Crippen LogP contribution in [0.25, 0.3) is 0 Å². The third kappa shape index (κ3) is 3.03. The second kappa shape index (κ2) is 5.98. The molecule has 0 bridgehead atoms. The lowest BCUT2D eigenvalue weighted by Gasteiger charge is -2.14. The van der Waals surface area contributed by atoms with E-state index in [0.717, 1.165) is 0 Å². The molecule has 17 heavy (non-hydrogen) atoms. The zero-order valence-corrected chi connectivity index (χ0v) is 10.3. The first-order valence-corrected chi connectivity index (χ1v) is 5.41. The summed E-state index contributed by atoms with van der Waals surface area (Å²) >= 11 is 0. The summed E-state index contributed by atoms with van der Waals surface area (Å²) in [6, 6.07) is 3.14. The standard InChI is InChI=1S/C12H17NO4/c1-4-16-9-7-10(15-3)11(17-5-2)6-8(9)12(13)14/h6-7H,4-5H2,1-3H3,(H2,13,14). The molecule has 0 saturated carbocycles. The van der Waals surface area contributed by atoms with Gasteiger partial charge in [0.15, 0.2) is 11.5 Å². The van der Waals surface area contributed by atoms with Crippen LogP contribution < -0.4 is 19.9 Å². The Balaban J connectivity index is 3.26. The van der Waals surface area contributed by atoms with E-state index in [2.05, 4.69) is 0 Å². The molecule has 0 aliphatic heterocycles. The van der Waals surface area contributed by atoms with Crippen LogP contribution in [0.4, 0.5) is 0 Å². The Hall–Kier alpha value is -1.91. The minimum atomic E-state index is -0.558. The Morgan fingerprint density at radius 2 is 1.71 bits per heavy atom. The molecule has 0 radical (unpaired) electrons. The highest BCUT2D eigenvalue weighted by atomic mass is 16.5. The van der Waals surface area contributed by atoms with Crippen molar-refractivity contribution >= 4 is 5.91 Å². The van der Waals surface area contributed by atoms with Crippen LogP contribution in [0, 0.1) is 0 Å². The largest absolute Gasteiger partial charge is 0.493 e. The summed E-state index contributed by atoms with van der Waals surface area (Å²) in [5.74, 6) is 0.838. The maximum atomic E-state index is 11.3. The van der Waals surface area contributed by atoms with Gasteiger partial charge in [-0.15, -0.1) is 0 Å². The topological polar surface area (TPSA) is 70.8 Å². The van der Waals surface area contributed by atoms with Crippen molar-refractivity contribution in [2.24, 2.45) is 5.73 Å². The second-order valence-electron chi connectivity index (χ2n) is 3.23. The zero-order valence-electron chi connectivity index (χ0n) is 10.3. The summed E-state index contributed by atoms with van der Waals surface area (Å²) in [7, 11) is 1.53. The lowest BCUT2D eigenvalue weighted by molar-refractivity contribution is 0.0996. The highest BCUT2D eigenvalue weighted by Crippen LogP contribution is 2.34. The number of rotatable bonds is 6. The fraction of sp³-hybridized carbons (Fsp3) is 0.417. The molecule has 5 heteroatoms. The van der Waals surface area contributed by atoms with Crippen LogP contribution in [-0.2, 0) is 0 Å². The average molecular weight is 239 g/mol. The van der Waals surface area contributed by atoms with Gasteiger partial charge in [-0.3, -0.25) is 4.79 Å². The minimum absolute atomic E-state index is 0.288. The fourth-order valence-electron chi connectivity index (χ4n) is 1.44. The molecule has 0 unspecified atom stereocenters. The maximum absolute atomic E-state index is 11.3. The number of hydrogen-bond donors (Lipinski definition) is 1. The molecule has 1 aromatic carbocycles. The van der Waals surface area contributed by atoms with Gasteiger partial charge in [0.1, 0.15) is 5.75 Å². The molecular formula is C12H17NO4. The highest BCUT2D eigenvalue weighted by Gasteiger charge is 2.15. The van der Waals surface area contributed by atoms with Crippen molar-refractivity contribution in [3.05, 3.63) is 17.7 Å². The van der Waals surface area contributed by atoms with E-state index in [-0.39, 0.29) is 5.56 Å². The Morgan fingerprint density at radius 3 is 2.18 bits per heavy atom. The van der Waals surface area contributed by atoms with Gasteiger partial charge in [-0.05, 0) is 13.8 Å². The second-order valence-corrected chi connectivity index (χ2v) is 3.23. The van der Waals surface area contributed by atoms with E-state index in [0.29, 0.717) is 30.5 Å². The number of ether oxygens (including phenoxy) is 3. The quantitative estimate of drug-likeness (QED) is 0.818. The molecule has 2 N–H and O–H groups in total. The van der Waals surface area contributed by atoms with Crippen molar-refractivity contribution in [3.63, 3.8) is 0 Å². The number of carbonyl (C=O) groups is 1. The van der Waals surface area contributed by atoms with Crippen molar-refractivity contribution in [1.82, 2.24) is 0 Å². The van der Waals surface area contributed by atoms with Crippen LogP contribution >= 0.6 is 0 Å². The first-order valence-electron chi connectivity index (χ1n) is 5.41. The summed E-state index contributed by atoms with van der Waals surface area (Å²) in [6.07, 6.45) is 0. The smallest absolute Gasteiger partial charge is 0.252 e. The van der Waals surface area contributed by atoms with Crippen molar-refractivity contribution in [1.29, 1.82) is 0 Å². The summed E-state index contributed by atoms with van der Waals surface area (Å²) < 4.78 is 15.9. The normalized spacial score (nSPS) is 9.82. The summed E-state index contributed by atoms with van der Waals surface area (Å²) in [6.45, 7) is 4.59. The number of carbonyl (C=O) groups excluding carboxylic acids is 1. The number of amides is 1. The molecule has 0 fully saturated rings. The SMILES string of the molecule is CCOc1cc(C(N)=O)c(OCC)cc1OC. The van der Waals surface area contributed by atoms with Crippen LogP contribution in [0.15, 0.2) is 12.1 Å². The van der Waals surface area contributed by atoms with Crippen LogP contribution in [0.3, 0.4) is 0 Å². The number of benzene rings is 1. The molecule has 0 spiro atoms. The summed E-state index contributed by atoms with van der Waals surface area (Å²) in [5, 5.41) is 0. The molecule has 1 aromatic rings. The Bertz CT molecular complexity index is 404. The average Bonchev–Trinajstić information content (AvgIpc) is 2.30. The Morgan fingerprint density at radius 1 is 1.12 bits per heavy atom. The number of nitrogens with two attached hydrogens (primary N) is 1. The van der Waals surface area contributed by atoms with Gasteiger partial charge in [-0.2, -0.15) is 0 Å². The number of hydrogen-bond acceptors (Lipinski definition) is 4. The van der Waals surface area contributed by atoms with E-state index in [1.807, 2.05) is 13.8 Å². The third-order valence-corrected chi connectivity index (χ3v) is 2.13. The van der Waals surface area contributed by atoms with E-state index in [1.165, 1.54) is 13.2 Å². The van der Waals surface area contributed by atoms with Crippen LogP contribution in [-0.4, -0.2) is 26.2 Å². The van der Waals surface area contributed by atoms with Gasteiger partial charge in [0.2, 0.25) is 0 Å². The highest BCUT2D eigenvalue weighted by molar-refractivity contribution is 5.96. The van der Waals surface area contributed by atoms with Crippen molar-refractivity contribution in [2.45, 2.75) is 13.8 Å². The lowest BCUT2D eigenvalue weighted by Crippen LogP contribution is -2.13. The molecule has 0 atom stereocenters. The number of methoxy groups -OCH3 is 1. The first kappa shape index (κ1) is 13.2. The van der Waals surface area contributed by atoms with Gasteiger partial charge in [-0.1, -0.05) is 0 Å². The van der Waals surface area contributed by atoms with E-state index in [1.54, 1.807) is 6.07 Å². The number of primary amides is 1. The predicted octanol–water partition coefficient (Wildman–Crippen LogP) is 1.59. The third-order valence-electron chi connectivity index (χ3n) is 2.13. The molecule has 1 amide bonds. The molecule has 0 saturated heterocycles. The lowest BCUT2D eigenvalue weighted by atomic mass is 10.1. The van der Waals surface area contributed by atoms with Crippen LogP contribution in [0.5, 0.6) is 17.2 Å². The van der Waals surface area contributed by atoms with Gasteiger partial charge in [0.25, 0.3) is 5.91 Å². The van der Waals surface area contributed by atoms with Crippen LogP contribution in [0.1, 0.15) is 24.2 Å². The Labute approximate surface area is 100 Å². The zero-order chi connectivity index (χ0) is 12.8. The van der Waals surface area contributed by atoms with Crippen molar-refractivity contribution in [2.75, 3.05) is 20.3 Å². The summed E-state index contributed by atoms with van der Waals surface area (Å²) in [4.78, 5) is 11.3. The monoisotopic (exact) mass is 239 g/mol. The van der Waals surface area contributed by atoms with Gasteiger partial charge in [0, 0.05) is 12.1 Å². The fourth-order valence-corrected chi connectivity index (χ4v) is 1.44. The molecule has 1 rings (SSSR count). The molecule has 0 aliphatic rings. The predicted molar refractivity (Wildman–Crippen MR) is 63.8 cm³/mol. The molecule has 0 aromatic heterocycles. The minimum Gasteiger partial charge on any atom is -0.493 e. The Kier molecular flexibility index (Phi) is 4.63. The molecular weight excluding hydrogens is 222 g/mol. The molecule has 94 valence electrons. The molecule has 0 aliphatic carbocycles. The molecule has 5 nitrogen and oxygen atoms in total. The van der Waals surface area contributed by atoms with Gasteiger partial charge in [-0.25, -0.2) is 0 Å². The van der Waals surface area contributed by atoms with E-state index < -0.39 is 5.91 Å². The van der Waals surface area contributed by atoms with E-state index in [4.69, 9.17) is 19.9 Å². The van der Waals surface area contributed by atoms with E-state index in [9.17, 15) is 4.79 Å². The van der Waals surface area contributed by atoms with Crippen LogP contribution in [0.2, 0.25) is 0 Å². The van der Waals surface area contributed by atoms with Gasteiger partial charge >= 0.3 is 0 Å². The van der Waals surface area contributed by atoms with E-state index >= 15 is 0 Å². The summed E-state index contributed by atoms with van der Waals surface area (Å²) in [5.41, 5.74) is 5.57. The maximum Gasteiger partial charge on any atom is 0.252 e. The van der Waals surface area contributed by atoms with Gasteiger partial charge < -0.3 is 19.9 Å².